The molecule has 3 fully saturated rings. The summed E-state index contributed by atoms with van der Waals surface area (Å²) in [7, 11) is 1.53. The molecule has 120 valence electrons. The zero-order valence-electron chi connectivity index (χ0n) is 13.4. The molecule has 0 amide bonds. The van der Waals surface area contributed by atoms with Crippen molar-refractivity contribution in [1.29, 1.82) is 0 Å². The lowest BCUT2D eigenvalue weighted by Crippen LogP contribution is -2.58. The van der Waals surface area contributed by atoms with Crippen LogP contribution in [-0.2, 0) is 16.0 Å². The number of aromatic amines is 1. The Balaban J connectivity index is 1.65. The van der Waals surface area contributed by atoms with E-state index in [0.29, 0.717) is 17.9 Å². The Labute approximate surface area is 135 Å². The third-order valence-electron chi connectivity index (χ3n) is 6.28. The molecule has 2 saturated heterocycles. The highest BCUT2D eigenvalue weighted by Crippen LogP contribution is 2.50. The molecule has 0 radical (unpaired) electrons. The van der Waals surface area contributed by atoms with Crippen molar-refractivity contribution in [2.75, 3.05) is 20.2 Å². The molecule has 6 rings (SSSR count). The van der Waals surface area contributed by atoms with Gasteiger partial charge in [-0.2, -0.15) is 0 Å². The molecular weight excluding hydrogens is 288 g/mol. The van der Waals surface area contributed by atoms with Crippen LogP contribution in [0, 0.1) is 11.8 Å². The molecule has 4 heterocycles. The van der Waals surface area contributed by atoms with Crippen molar-refractivity contribution < 1.29 is 9.53 Å². The fourth-order valence-corrected chi connectivity index (χ4v) is 5.46. The number of ether oxygens (including phenoxy) is 1. The van der Waals surface area contributed by atoms with Crippen LogP contribution >= 0.6 is 0 Å². The molecule has 4 bridgehead atoms. The van der Waals surface area contributed by atoms with E-state index in [-0.39, 0.29) is 11.9 Å². The second-order valence-electron chi connectivity index (χ2n) is 7.37. The van der Waals surface area contributed by atoms with Crippen molar-refractivity contribution in [3.05, 3.63) is 35.5 Å². The molecule has 1 aromatic carbocycles. The van der Waals surface area contributed by atoms with E-state index in [4.69, 9.17) is 4.74 Å². The minimum atomic E-state index is -0.0195. The van der Waals surface area contributed by atoms with Crippen LogP contribution in [0.5, 0.6) is 0 Å². The maximum absolute atomic E-state index is 12.3. The summed E-state index contributed by atoms with van der Waals surface area (Å²) in [5.74, 6) is 1.08. The summed E-state index contributed by atoms with van der Waals surface area (Å²) in [6.45, 7) is 2.21. The van der Waals surface area contributed by atoms with Crippen LogP contribution in [0.15, 0.2) is 24.3 Å². The van der Waals surface area contributed by atoms with E-state index in [0.717, 1.165) is 25.9 Å². The smallest absolute Gasteiger partial charge is 0.310 e. The number of nitrogens with one attached hydrogen (secondary N) is 1. The molecule has 0 spiro atoms. The Hall–Kier alpha value is -1.81. The van der Waals surface area contributed by atoms with Gasteiger partial charge in [0.2, 0.25) is 0 Å². The van der Waals surface area contributed by atoms with Gasteiger partial charge in [-0.1, -0.05) is 18.2 Å². The van der Waals surface area contributed by atoms with E-state index < -0.39 is 0 Å². The standard InChI is InChI=1S/C19H22N2O2/c1-23-19(22)15-9-11-8-14-17-13(6-7-21(10-11)18(14)15)12-4-2-3-5-16(12)20-17/h2-5,11,14-15,18,20H,6-10H2,1H3/t11-,14-,15+,18+/m0/s1. The lowest BCUT2D eigenvalue weighted by atomic mass is 9.66. The van der Waals surface area contributed by atoms with Gasteiger partial charge in [0, 0.05) is 41.6 Å². The molecule has 4 heteroatoms. The maximum Gasteiger partial charge on any atom is 0.310 e. The number of methoxy groups -OCH3 is 1. The number of carbonyl (C=O) groups excluding carboxylic acids is 1. The molecule has 23 heavy (non-hydrogen) atoms. The first-order valence-electron chi connectivity index (χ1n) is 8.67. The number of nitrogens with zero attached hydrogens (tertiary/aromatic N) is 1. The van der Waals surface area contributed by atoms with Crippen molar-refractivity contribution in [3.8, 4) is 0 Å². The summed E-state index contributed by atoms with van der Waals surface area (Å²) in [4.78, 5) is 18.6. The quantitative estimate of drug-likeness (QED) is 0.824. The van der Waals surface area contributed by atoms with Crippen molar-refractivity contribution >= 4 is 16.9 Å². The molecule has 3 aliphatic heterocycles. The Morgan fingerprint density at radius 1 is 1.30 bits per heavy atom. The molecular formula is C19H22N2O2. The van der Waals surface area contributed by atoms with Crippen molar-refractivity contribution in [2.45, 2.75) is 31.2 Å². The number of fused-ring (bicyclic) bond motifs is 4. The number of hydrogen-bond donors (Lipinski definition) is 1. The second kappa shape index (κ2) is 4.84. The summed E-state index contributed by atoms with van der Waals surface area (Å²) in [5, 5.41) is 1.36. The van der Waals surface area contributed by atoms with Gasteiger partial charge < -0.3 is 9.72 Å². The van der Waals surface area contributed by atoms with Crippen molar-refractivity contribution in [3.63, 3.8) is 0 Å². The van der Waals surface area contributed by atoms with Crippen molar-refractivity contribution in [1.82, 2.24) is 9.88 Å². The molecule has 1 N–H and O–H groups in total. The van der Waals surface area contributed by atoms with Gasteiger partial charge >= 0.3 is 5.97 Å². The zero-order chi connectivity index (χ0) is 15.6. The average Bonchev–Trinajstić information content (AvgIpc) is 2.92. The van der Waals surface area contributed by atoms with Gasteiger partial charge in [0.05, 0.1) is 13.0 Å². The van der Waals surface area contributed by atoms with Crippen LogP contribution in [0.1, 0.15) is 30.0 Å². The Bertz CT molecular complexity index is 781. The number of benzene rings is 1. The van der Waals surface area contributed by atoms with Crippen LogP contribution in [0.4, 0.5) is 0 Å². The van der Waals surface area contributed by atoms with Crippen molar-refractivity contribution in [2.24, 2.45) is 11.8 Å². The summed E-state index contributed by atoms with van der Waals surface area (Å²) in [6, 6.07) is 8.92. The first-order valence-corrected chi connectivity index (χ1v) is 8.67. The van der Waals surface area contributed by atoms with E-state index in [2.05, 4.69) is 34.1 Å². The van der Waals surface area contributed by atoms with E-state index in [1.807, 2.05) is 0 Å². The number of carbonyl (C=O) groups is 1. The SMILES string of the molecule is COC(=O)[C@@H]1C[C@@H]2C[C@H]3c4[nH]c5ccccc5c4CCN(C2)[C@@H]13. The monoisotopic (exact) mass is 310 g/mol. The van der Waals surface area contributed by atoms with Crippen LogP contribution in [-0.4, -0.2) is 42.1 Å². The lowest BCUT2D eigenvalue weighted by molar-refractivity contribution is -0.154. The number of rotatable bonds is 1. The number of para-hydroxylation sites is 1. The minimum absolute atomic E-state index is 0.0195. The first-order chi connectivity index (χ1) is 11.3. The van der Waals surface area contributed by atoms with Gasteiger partial charge in [-0.3, -0.25) is 9.69 Å². The number of H-pyrrole nitrogens is 1. The third kappa shape index (κ3) is 1.84. The second-order valence-corrected chi connectivity index (χ2v) is 7.37. The van der Waals surface area contributed by atoms with Gasteiger partial charge in [-0.05, 0) is 36.8 Å². The Kier molecular flexibility index (Phi) is 2.87. The van der Waals surface area contributed by atoms with E-state index >= 15 is 0 Å². The van der Waals surface area contributed by atoms with Gasteiger partial charge in [0.25, 0.3) is 0 Å². The molecule has 4 aliphatic rings. The molecule has 1 aliphatic carbocycles. The van der Waals surface area contributed by atoms with Crippen LogP contribution in [0.2, 0.25) is 0 Å². The summed E-state index contributed by atoms with van der Waals surface area (Å²) < 4.78 is 5.12. The van der Waals surface area contributed by atoms with Gasteiger partial charge in [0.15, 0.2) is 0 Å². The number of piperidine rings is 2. The fraction of sp³-hybridized carbons (Fsp3) is 0.526. The maximum atomic E-state index is 12.3. The molecule has 2 aromatic rings. The first kappa shape index (κ1) is 13.6. The highest BCUT2D eigenvalue weighted by Gasteiger charge is 2.52. The van der Waals surface area contributed by atoms with E-state index in [1.54, 1.807) is 0 Å². The average molecular weight is 310 g/mol. The minimum Gasteiger partial charge on any atom is -0.469 e. The topological polar surface area (TPSA) is 45.3 Å². The molecule has 1 aromatic heterocycles. The Morgan fingerprint density at radius 3 is 3.04 bits per heavy atom. The number of hydrogen-bond acceptors (Lipinski definition) is 3. The lowest BCUT2D eigenvalue weighted by Gasteiger charge is -2.52. The van der Waals surface area contributed by atoms with Crippen LogP contribution in [0.25, 0.3) is 10.9 Å². The highest BCUT2D eigenvalue weighted by molar-refractivity contribution is 5.85. The van der Waals surface area contributed by atoms with Gasteiger partial charge in [-0.25, -0.2) is 0 Å². The molecule has 4 nitrogen and oxygen atoms in total. The number of esters is 1. The Morgan fingerprint density at radius 2 is 2.17 bits per heavy atom. The van der Waals surface area contributed by atoms with E-state index in [1.165, 1.54) is 35.7 Å². The predicted molar refractivity (Wildman–Crippen MR) is 88.3 cm³/mol. The van der Waals surface area contributed by atoms with Crippen LogP contribution < -0.4 is 0 Å². The summed E-state index contributed by atoms with van der Waals surface area (Å²) >= 11 is 0. The van der Waals surface area contributed by atoms with Gasteiger partial charge in [0.1, 0.15) is 0 Å². The fourth-order valence-electron chi connectivity index (χ4n) is 5.46. The van der Waals surface area contributed by atoms with Crippen LogP contribution in [0.3, 0.4) is 0 Å². The molecule has 1 unspecified atom stereocenters. The number of aromatic nitrogens is 1. The normalized spacial score (nSPS) is 34.9. The predicted octanol–water partition coefficient (Wildman–Crippen LogP) is 2.69. The highest BCUT2D eigenvalue weighted by atomic mass is 16.5. The van der Waals surface area contributed by atoms with Gasteiger partial charge in [-0.15, -0.1) is 0 Å². The summed E-state index contributed by atoms with van der Waals surface area (Å²) in [5.41, 5.74) is 4.10. The zero-order valence-corrected chi connectivity index (χ0v) is 13.4. The summed E-state index contributed by atoms with van der Waals surface area (Å²) in [6.07, 6.45) is 3.28. The third-order valence-corrected chi connectivity index (χ3v) is 6.28. The molecule has 5 atom stereocenters. The van der Waals surface area contributed by atoms with E-state index in [9.17, 15) is 4.79 Å². The molecule has 1 saturated carbocycles. The largest absolute Gasteiger partial charge is 0.469 e.